The molecule has 14 heavy (non-hydrogen) atoms. The maximum absolute atomic E-state index is 14.4. The smallest absolute Gasteiger partial charge is 0.173 e. The molecule has 0 aromatic carbocycles. The Bertz CT molecular complexity index is 307. The van der Waals surface area contributed by atoms with Crippen molar-refractivity contribution in [1.29, 1.82) is 0 Å². The Hall–Kier alpha value is -0.610. The highest BCUT2D eigenvalue weighted by Gasteiger charge is 2.35. The van der Waals surface area contributed by atoms with Crippen LogP contribution in [0.25, 0.3) is 0 Å². The second-order valence-electron chi connectivity index (χ2n) is 3.54. The molecule has 1 aromatic rings. The topological polar surface area (TPSA) is 21.3 Å². The van der Waals surface area contributed by atoms with E-state index in [2.05, 4.69) is 5.32 Å². The van der Waals surface area contributed by atoms with Gasteiger partial charge in [0.1, 0.15) is 5.67 Å². The largest absolute Gasteiger partial charge is 0.487 e. The van der Waals surface area contributed by atoms with Gasteiger partial charge in [0.15, 0.2) is 5.06 Å². The van der Waals surface area contributed by atoms with Crippen LogP contribution in [0, 0.1) is 0 Å². The van der Waals surface area contributed by atoms with Gasteiger partial charge in [0.05, 0.1) is 7.11 Å². The Morgan fingerprint density at radius 3 is 2.71 bits per heavy atom. The Labute approximate surface area is 87.1 Å². The highest BCUT2D eigenvalue weighted by atomic mass is 32.1. The van der Waals surface area contributed by atoms with Crippen molar-refractivity contribution in [3.63, 3.8) is 0 Å². The molecule has 0 atom stereocenters. The number of ether oxygens (including phenoxy) is 1. The van der Waals surface area contributed by atoms with E-state index in [1.165, 1.54) is 11.3 Å². The summed E-state index contributed by atoms with van der Waals surface area (Å²) in [5.74, 6) is 0. The molecule has 0 aliphatic carbocycles. The summed E-state index contributed by atoms with van der Waals surface area (Å²) >= 11 is 1.41. The molecule has 2 rings (SSSR count). The summed E-state index contributed by atoms with van der Waals surface area (Å²) in [6.07, 6.45) is 1.13. The van der Waals surface area contributed by atoms with Crippen LogP contribution in [0.5, 0.6) is 5.06 Å². The summed E-state index contributed by atoms with van der Waals surface area (Å²) < 4.78 is 19.4. The summed E-state index contributed by atoms with van der Waals surface area (Å²) in [6, 6.07) is 3.68. The number of hydrogen-bond donors (Lipinski definition) is 1. The molecule has 0 amide bonds. The number of hydrogen-bond acceptors (Lipinski definition) is 3. The lowest BCUT2D eigenvalue weighted by Crippen LogP contribution is -2.36. The number of piperidine rings is 1. The number of rotatable bonds is 2. The van der Waals surface area contributed by atoms with Crippen LogP contribution < -0.4 is 10.1 Å². The third kappa shape index (κ3) is 1.77. The number of halogens is 1. The van der Waals surface area contributed by atoms with E-state index in [1.54, 1.807) is 7.11 Å². The van der Waals surface area contributed by atoms with E-state index >= 15 is 0 Å². The zero-order valence-electron chi connectivity index (χ0n) is 8.18. The lowest BCUT2D eigenvalue weighted by Gasteiger charge is -2.28. The van der Waals surface area contributed by atoms with Crippen molar-refractivity contribution in [3.05, 3.63) is 17.0 Å². The lowest BCUT2D eigenvalue weighted by molar-refractivity contribution is 0.119. The summed E-state index contributed by atoms with van der Waals surface area (Å²) in [4.78, 5) is 0.802. The molecule has 1 aliphatic rings. The van der Waals surface area contributed by atoms with Crippen LogP contribution in [0.3, 0.4) is 0 Å². The van der Waals surface area contributed by atoms with Gasteiger partial charge in [0.2, 0.25) is 0 Å². The van der Waals surface area contributed by atoms with Gasteiger partial charge in [-0.3, -0.25) is 0 Å². The Morgan fingerprint density at radius 1 is 1.43 bits per heavy atom. The van der Waals surface area contributed by atoms with E-state index in [1.807, 2.05) is 12.1 Å². The first-order valence-corrected chi connectivity index (χ1v) is 5.60. The first-order valence-electron chi connectivity index (χ1n) is 4.78. The molecule has 0 bridgehead atoms. The molecule has 1 aliphatic heterocycles. The average Bonchev–Trinajstić information content (AvgIpc) is 2.67. The minimum atomic E-state index is -1.13. The third-order valence-corrected chi connectivity index (χ3v) is 3.85. The number of alkyl halides is 1. The second-order valence-corrected chi connectivity index (χ2v) is 4.58. The quantitative estimate of drug-likeness (QED) is 0.817. The van der Waals surface area contributed by atoms with Gasteiger partial charge in [-0.2, -0.15) is 0 Å². The van der Waals surface area contributed by atoms with Gasteiger partial charge >= 0.3 is 0 Å². The normalized spacial score (nSPS) is 20.7. The highest BCUT2D eigenvalue weighted by molar-refractivity contribution is 7.14. The standard InChI is InChI=1S/C10H14FNOS/c1-13-9-3-2-8(14-9)10(11)4-6-12-7-5-10/h2-3,12H,4-7H2,1H3. The van der Waals surface area contributed by atoms with E-state index in [4.69, 9.17) is 4.74 Å². The predicted octanol–water partition coefficient (Wildman–Crippen LogP) is 2.30. The summed E-state index contributed by atoms with van der Waals surface area (Å²) in [6.45, 7) is 1.52. The molecule has 2 nitrogen and oxygen atoms in total. The van der Waals surface area contributed by atoms with Gasteiger partial charge in [-0.1, -0.05) is 0 Å². The number of methoxy groups -OCH3 is 1. The van der Waals surface area contributed by atoms with Crippen molar-refractivity contribution >= 4 is 11.3 Å². The molecular weight excluding hydrogens is 201 g/mol. The maximum atomic E-state index is 14.4. The van der Waals surface area contributed by atoms with Crippen LogP contribution in [0.1, 0.15) is 17.7 Å². The predicted molar refractivity (Wildman–Crippen MR) is 55.8 cm³/mol. The van der Waals surface area contributed by atoms with Gasteiger partial charge in [0.25, 0.3) is 0 Å². The molecule has 2 heterocycles. The van der Waals surface area contributed by atoms with Crippen molar-refractivity contribution in [3.8, 4) is 5.06 Å². The molecule has 0 spiro atoms. The molecule has 78 valence electrons. The molecule has 1 N–H and O–H groups in total. The van der Waals surface area contributed by atoms with Crippen molar-refractivity contribution in [1.82, 2.24) is 5.32 Å². The zero-order valence-corrected chi connectivity index (χ0v) is 8.99. The molecule has 4 heteroatoms. The lowest BCUT2D eigenvalue weighted by atomic mass is 9.93. The van der Waals surface area contributed by atoms with Crippen LogP contribution in [0.4, 0.5) is 4.39 Å². The Balaban J connectivity index is 2.19. The summed E-state index contributed by atoms with van der Waals surface area (Å²) in [5.41, 5.74) is -1.13. The van der Waals surface area contributed by atoms with Crippen molar-refractivity contribution in [2.45, 2.75) is 18.5 Å². The van der Waals surface area contributed by atoms with E-state index in [-0.39, 0.29) is 0 Å². The zero-order chi connectivity index (χ0) is 10.0. The minimum absolute atomic E-state index is 0.566. The second kappa shape index (κ2) is 3.87. The molecule has 0 unspecified atom stereocenters. The first kappa shape index (κ1) is 9.93. The van der Waals surface area contributed by atoms with Crippen LogP contribution in [0.2, 0.25) is 0 Å². The first-order chi connectivity index (χ1) is 6.74. The Kier molecular flexibility index (Phi) is 2.74. The minimum Gasteiger partial charge on any atom is -0.487 e. The Morgan fingerprint density at radius 2 is 2.14 bits per heavy atom. The van der Waals surface area contributed by atoms with Gasteiger partial charge in [-0.05, 0) is 38.1 Å². The summed E-state index contributed by atoms with van der Waals surface area (Å²) in [7, 11) is 1.61. The molecule has 1 aromatic heterocycles. The molecule has 1 saturated heterocycles. The molecule has 0 radical (unpaired) electrons. The van der Waals surface area contributed by atoms with E-state index in [9.17, 15) is 4.39 Å². The SMILES string of the molecule is COc1ccc(C2(F)CCNCC2)s1. The monoisotopic (exact) mass is 215 g/mol. The molecular formula is C10H14FNOS. The maximum Gasteiger partial charge on any atom is 0.173 e. The summed E-state index contributed by atoms with van der Waals surface area (Å²) in [5, 5.41) is 3.95. The van der Waals surface area contributed by atoms with Crippen LogP contribution in [-0.4, -0.2) is 20.2 Å². The van der Waals surface area contributed by atoms with Gasteiger partial charge in [-0.25, -0.2) is 4.39 Å². The van der Waals surface area contributed by atoms with Gasteiger partial charge in [0, 0.05) is 4.88 Å². The molecule has 0 saturated carbocycles. The molecule has 1 fully saturated rings. The average molecular weight is 215 g/mol. The van der Waals surface area contributed by atoms with Crippen molar-refractivity contribution in [2.24, 2.45) is 0 Å². The van der Waals surface area contributed by atoms with Crippen LogP contribution in [0.15, 0.2) is 12.1 Å². The van der Waals surface area contributed by atoms with Crippen molar-refractivity contribution < 1.29 is 9.13 Å². The number of nitrogens with one attached hydrogen (secondary N) is 1. The third-order valence-electron chi connectivity index (χ3n) is 2.62. The van der Waals surface area contributed by atoms with E-state index < -0.39 is 5.67 Å². The van der Waals surface area contributed by atoms with E-state index in [0.717, 1.165) is 23.0 Å². The van der Waals surface area contributed by atoms with Crippen LogP contribution >= 0.6 is 11.3 Å². The fraction of sp³-hybridized carbons (Fsp3) is 0.600. The van der Waals surface area contributed by atoms with E-state index in [0.29, 0.717) is 12.8 Å². The van der Waals surface area contributed by atoms with Gasteiger partial charge in [-0.15, -0.1) is 11.3 Å². The highest BCUT2D eigenvalue weighted by Crippen LogP contribution is 2.40. The van der Waals surface area contributed by atoms with Gasteiger partial charge < -0.3 is 10.1 Å². The van der Waals surface area contributed by atoms with Crippen molar-refractivity contribution in [2.75, 3.05) is 20.2 Å². The fourth-order valence-corrected chi connectivity index (χ4v) is 2.70. The number of thiophene rings is 1. The fourth-order valence-electron chi connectivity index (χ4n) is 1.74. The van der Waals surface area contributed by atoms with Crippen LogP contribution in [-0.2, 0) is 5.67 Å².